The Morgan fingerprint density at radius 1 is 1.08 bits per heavy atom. The van der Waals surface area contributed by atoms with Gasteiger partial charge in [0.05, 0.1) is 12.0 Å². The van der Waals surface area contributed by atoms with E-state index in [2.05, 4.69) is 28.7 Å². The Hall–Kier alpha value is -2.99. The Balaban J connectivity index is 1.34. The van der Waals surface area contributed by atoms with Crippen molar-refractivity contribution < 1.29 is 14.3 Å². The Labute approximate surface area is 155 Å². The van der Waals surface area contributed by atoms with Gasteiger partial charge in [0, 0.05) is 4.90 Å². The quantitative estimate of drug-likeness (QED) is 0.425. The predicted octanol–water partition coefficient (Wildman–Crippen LogP) is 3.81. The molecule has 3 aromatic carbocycles. The van der Waals surface area contributed by atoms with Gasteiger partial charge in [-0.3, -0.25) is 4.79 Å². The van der Waals surface area contributed by atoms with Gasteiger partial charge in [-0.2, -0.15) is 5.10 Å². The molecule has 6 heteroatoms. The topological polar surface area (TPSA) is 59.9 Å². The van der Waals surface area contributed by atoms with Crippen LogP contribution in [-0.4, -0.2) is 24.7 Å². The van der Waals surface area contributed by atoms with E-state index in [1.54, 1.807) is 6.21 Å². The second-order valence-corrected chi connectivity index (χ2v) is 6.69. The number of hydrogen-bond acceptors (Lipinski definition) is 5. The molecule has 0 fully saturated rings. The SMILES string of the molecule is O=C(CSc1cccc2ccccc12)N/N=C\c1ccc2c(c1)OCO2. The number of carbonyl (C=O) groups is 1. The number of fused-ring (bicyclic) bond motifs is 2. The maximum Gasteiger partial charge on any atom is 0.250 e. The maximum absolute atomic E-state index is 12.0. The van der Waals surface area contributed by atoms with Crippen LogP contribution in [-0.2, 0) is 4.79 Å². The highest BCUT2D eigenvalue weighted by Crippen LogP contribution is 2.32. The highest BCUT2D eigenvalue weighted by atomic mass is 32.2. The second-order valence-electron chi connectivity index (χ2n) is 5.67. The van der Waals surface area contributed by atoms with Crippen LogP contribution >= 0.6 is 11.8 Å². The fraction of sp³-hybridized carbons (Fsp3) is 0.100. The number of rotatable bonds is 5. The van der Waals surface area contributed by atoms with Gasteiger partial charge < -0.3 is 9.47 Å². The highest BCUT2D eigenvalue weighted by Gasteiger charge is 2.12. The van der Waals surface area contributed by atoms with Crippen LogP contribution in [0.25, 0.3) is 10.8 Å². The predicted molar refractivity (Wildman–Crippen MR) is 103 cm³/mol. The minimum absolute atomic E-state index is 0.153. The smallest absolute Gasteiger partial charge is 0.250 e. The summed E-state index contributed by atoms with van der Waals surface area (Å²) in [5.41, 5.74) is 3.38. The van der Waals surface area contributed by atoms with Crippen LogP contribution < -0.4 is 14.9 Å². The van der Waals surface area contributed by atoms with E-state index in [-0.39, 0.29) is 12.7 Å². The van der Waals surface area contributed by atoms with Crippen molar-refractivity contribution in [2.45, 2.75) is 4.90 Å². The molecular formula is C20H16N2O3S. The van der Waals surface area contributed by atoms with Crippen LogP contribution in [0.1, 0.15) is 5.56 Å². The second kappa shape index (κ2) is 7.49. The lowest BCUT2D eigenvalue weighted by Gasteiger charge is -2.05. The third kappa shape index (κ3) is 3.65. The molecule has 0 bridgehead atoms. The lowest BCUT2D eigenvalue weighted by atomic mass is 10.1. The van der Waals surface area contributed by atoms with Crippen LogP contribution in [0.2, 0.25) is 0 Å². The summed E-state index contributed by atoms with van der Waals surface area (Å²) >= 11 is 1.50. The summed E-state index contributed by atoms with van der Waals surface area (Å²) in [6.45, 7) is 0.234. The molecule has 26 heavy (non-hydrogen) atoms. The molecule has 0 saturated carbocycles. The lowest BCUT2D eigenvalue weighted by molar-refractivity contribution is -0.118. The van der Waals surface area contributed by atoms with Crippen molar-refractivity contribution >= 4 is 34.7 Å². The van der Waals surface area contributed by atoms with E-state index in [0.717, 1.165) is 21.6 Å². The Morgan fingerprint density at radius 2 is 1.92 bits per heavy atom. The number of hydrogen-bond donors (Lipinski definition) is 1. The molecule has 0 spiro atoms. The van der Waals surface area contributed by atoms with Crippen molar-refractivity contribution in [3.8, 4) is 11.5 Å². The van der Waals surface area contributed by atoms with Gasteiger partial charge in [0.2, 0.25) is 12.7 Å². The summed E-state index contributed by atoms with van der Waals surface area (Å²) in [6.07, 6.45) is 1.59. The molecule has 0 saturated heterocycles. The molecule has 0 unspecified atom stereocenters. The molecule has 0 aromatic heterocycles. The number of amides is 1. The number of ether oxygens (including phenoxy) is 2. The molecule has 0 radical (unpaired) electrons. The van der Waals surface area contributed by atoms with Crippen molar-refractivity contribution in [1.29, 1.82) is 0 Å². The van der Waals surface area contributed by atoms with Crippen LogP contribution in [0.5, 0.6) is 11.5 Å². The molecule has 1 N–H and O–H groups in total. The number of carbonyl (C=O) groups excluding carboxylic acids is 1. The van der Waals surface area contributed by atoms with E-state index in [1.807, 2.05) is 42.5 Å². The molecule has 5 nitrogen and oxygen atoms in total. The van der Waals surface area contributed by atoms with E-state index in [4.69, 9.17) is 9.47 Å². The van der Waals surface area contributed by atoms with Crippen molar-refractivity contribution in [3.63, 3.8) is 0 Å². The maximum atomic E-state index is 12.0. The molecule has 1 aliphatic rings. The first kappa shape index (κ1) is 16.5. The zero-order valence-electron chi connectivity index (χ0n) is 13.8. The standard InChI is InChI=1S/C20H16N2O3S/c23-20(12-26-19-7-3-5-15-4-1-2-6-16(15)19)22-21-11-14-8-9-17-18(10-14)25-13-24-17/h1-11H,12-13H2,(H,22,23)/b21-11-. The number of thioether (sulfide) groups is 1. The summed E-state index contributed by atoms with van der Waals surface area (Å²) < 4.78 is 10.6. The molecular weight excluding hydrogens is 348 g/mol. The largest absolute Gasteiger partial charge is 0.454 e. The fourth-order valence-electron chi connectivity index (χ4n) is 2.67. The van der Waals surface area contributed by atoms with Crippen molar-refractivity contribution in [2.75, 3.05) is 12.5 Å². The van der Waals surface area contributed by atoms with Crippen molar-refractivity contribution in [1.82, 2.24) is 5.43 Å². The fourth-order valence-corrected chi connectivity index (χ4v) is 3.54. The van der Waals surface area contributed by atoms with Crippen molar-refractivity contribution in [2.24, 2.45) is 5.10 Å². The van der Waals surface area contributed by atoms with Crippen LogP contribution in [0.3, 0.4) is 0 Å². The molecule has 4 rings (SSSR count). The van der Waals surface area contributed by atoms with Gasteiger partial charge in [0.1, 0.15) is 0 Å². The van der Waals surface area contributed by atoms with E-state index in [1.165, 1.54) is 17.1 Å². The first-order chi connectivity index (χ1) is 12.8. The van der Waals surface area contributed by atoms with Gasteiger partial charge in [-0.1, -0.05) is 36.4 Å². The molecule has 1 aliphatic heterocycles. The summed E-state index contributed by atoms with van der Waals surface area (Å²) in [5, 5.41) is 6.32. The highest BCUT2D eigenvalue weighted by molar-refractivity contribution is 8.00. The summed E-state index contributed by atoms with van der Waals surface area (Å²) in [5.74, 6) is 1.55. The average molecular weight is 364 g/mol. The van der Waals surface area contributed by atoms with Gasteiger partial charge in [-0.05, 0) is 40.6 Å². The first-order valence-electron chi connectivity index (χ1n) is 8.12. The number of nitrogens with zero attached hydrogens (tertiary/aromatic N) is 1. The van der Waals surface area contributed by atoms with Crippen LogP contribution in [0, 0.1) is 0 Å². The molecule has 1 amide bonds. The number of benzene rings is 3. The first-order valence-corrected chi connectivity index (χ1v) is 9.10. The minimum atomic E-state index is -0.153. The van der Waals surface area contributed by atoms with Gasteiger partial charge in [0.15, 0.2) is 11.5 Å². The average Bonchev–Trinajstić information content (AvgIpc) is 3.14. The lowest BCUT2D eigenvalue weighted by Crippen LogP contribution is -2.19. The molecule has 0 atom stereocenters. The third-order valence-electron chi connectivity index (χ3n) is 3.91. The Morgan fingerprint density at radius 3 is 2.88 bits per heavy atom. The van der Waals surface area contributed by atoms with Crippen LogP contribution in [0.15, 0.2) is 70.7 Å². The zero-order valence-corrected chi connectivity index (χ0v) is 14.7. The van der Waals surface area contributed by atoms with Gasteiger partial charge in [-0.15, -0.1) is 11.8 Å². The summed E-state index contributed by atoms with van der Waals surface area (Å²) in [6, 6.07) is 19.7. The summed E-state index contributed by atoms with van der Waals surface area (Å²) in [7, 11) is 0. The Bertz CT molecular complexity index is 982. The Kier molecular flexibility index (Phi) is 4.75. The minimum Gasteiger partial charge on any atom is -0.454 e. The zero-order chi connectivity index (χ0) is 17.8. The van der Waals surface area contributed by atoms with E-state index >= 15 is 0 Å². The van der Waals surface area contributed by atoms with Gasteiger partial charge in [-0.25, -0.2) is 5.43 Å². The van der Waals surface area contributed by atoms with E-state index in [9.17, 15) is 4.79 Å². The third-order valence-corrected chi connectivity index (χ3v) is 4.98. The van der Waals surface area contributed by atoms with E-state index < -0.39 is 0 Å². The number of hydrazone groups is 1. The summed E-state index contributed by atoms with van der Waals surface area (Å²) in [4.78, 5) is 13.1. The number of nitrogens with one attached hydrogen (secondary N) is 1. The van der Waals surface area contributed by atoms with Crippen molar-refractivity contribution in [3.05, 3.63) is 66.2 Å². The molecule has 3 aromatic rings. The normalized spacial score (nSPS) is 12.6. The molecule has 0 aliphatic carbocycles. The van der Waals surface area contributed by atoms with Gasteiger partial charge >= 0.3 is 0 Å². The molecule has 1 heterocycles. The van der Waals surface area contributed by atoms with E-state index in [0.29, 0.717) is 11.5 Å². The molecule has 130 valence electrons. The van der Waals surface area contributed by atoms with Crippen LogP contribution in [0.4, 0.5) is 0 Å². The van der Waals surface area contributed by atoms with Gasteiger partial charge in [0.25, 0.3) is 0 Å². The monoisotopic (exact) mass is 364 g/mol.